The van der Waals surface area contributed by atoms with E-state index in [4.69, 9.17) is 0 Å². The van der Waals surface area contributed by atoms with Crippen LogP contribution in [-0.2, 0) is 14.3 Å². The molecule has 0 heterocycles. The fraction of sp³-hybridized carbons (Fsp3) is 0.500. The Kier molecular flexibility index (Phi) is 5.69. The van der Waals surface area contributed by atoms with Crippen LogP contribution in [-0.4, -0.2) is 25.5 Å². The van der Waals surface area contributed by atoms with Crippen LogP contribution in [0.1, 0.15) is 13.3 Å². The van der Waals surface area contributed by atoms with Gasteiger partial charge in [-0.2, -0.15) is 0 Å². The van der Waals surface area contributed by atoms with Gasteiger partial charge in [-0.3, -0.25) is 4.79 Å². The van der Waals surface area contributed by atoms with E-state index in [1.54, 1.807) is 0 Å². The molecular formula is C8H13NO3. The molecule has 1 amide bonds. The van der Waals surface area contributed by atoms with Gasteiger partial charge in [0.15, 0.2) is 0 Å². The van der Waals surface area contributed by atoms with Crippen LogP contribution < -0.4 is 5.32 Å². The molecule has 0 aliphatic carbocycles. The van der Waals surface area contributed by atoms with E-state index in [1.165, 1.54) is 7.05 Å². The Bertz CT molecular complexity index is 187. The smallest absolute Gasteiger partial charge is 0.330 e. The Balaban J connectivity index is 3.67. The molecule has 0 atom stereocenters. The number of ether oxygens (including phenoxy) is 1. The molecule has 0 saturated carbocycles. The van der Waals surface area contributed by atoms with E-state index in [9.17, 15) is 9.59 Å². The Hall–Kier alpha value is -1.32. The molecule has 0 bridgehead atoms. The zero-order chi connectivity index (χ0) is 9.40. The second kappa shape index (κ2) is 6.39. The predicted octanol–water partition coefficient (Wildman–Crippen LogP) is 0.242. The third kappa shape index (κ3) is 5.46. The van der Waals surface area contributed by atoms with Crippen LogP contribution >= 0.6 is 0 Å². The number of carbonyl (C=O) groups is 2. The molecule has 0 radical (unpaired) electrons. The Labute approximate surface area is 71.6 Å². The maximum Gasteiger partial charge on any atom is 0.330 e. The second-order valence-electron chi connectivity index (χ2n) is 2.12. The van der Waals surface area contributed by atoms with Crippen LogP contribution in [0.2, 0.25) is 0 Å². The van der Waals surface area contributed by atoms with Crippen LogP contribution in [0.4, 0.5) is 0 Å². The van der Waals surface area contributed by atoms with Gasteiger partial charge in [-0.1, -0.05) is 6.92 Å². The Morgan fingerprint density at radius 2 is 2.08 bits per heavy atom. The monoisotopic (exact) mass is 171 g/mol. The van der Waals surface area contributed by atoms with Crippen LogP contribution in [0.5, 0.6) is 0 Å². The number of amides is 1. The molecule has 0 aromatic carbocycles. The third-order valence-corrected chi connectivity index (χ3v) is 1.07. The van der Waals surface area contributed by atoms with Crippen molar-refractivity contribution in [3.05, 3.63) is 12.2 Å². The summed E-state index contributed by atoms with van der Waals surface area (Å²) in [5, 5.41) is 2.34. The van der Waals surface area contributed by atoms with Crippen LogP contribution in [0, 0.1) is 0 Å². The van der Waals surface area contributed by atoms with Crippen molar-refractivity contribution in [1.29, 1.82) is 0 Å². The van der Waals surface area contributed by atoms with E-state index in [2.05, 4.69) is 10.1 Å². The zero-order valence-corrected chi connectivity index (χ0v) is 7.29. The maximum absolute atomic E-state index is 10.7. The van der Waals surface area contributed by atoms with Gasteiger partial charge in [0.1, 0.15) is 0 Å². The highest BCUT2D eigenvalue weighted by Gasteiger charge is 1.96. The number of hydrogen-bond donors (Lipinski definition) is 1. The highest BCUT2D eigenvalue weighted by Crippen LogP contribution is 1.84. The first-order chi connectivity index (χ1) is 5.70. The van der Waals surface area contributed by atoms with E-state index >= 15 is 0 Å². The van der Waals surface area contributed by atoms with Crippen LogP contribution in [0.25, 0.3) is 0 Å². The van der Waals surface area contributed by atoms with Gasteiger partial charge in [-0.15, -0.1) is 0 Å². The average molecular weight is 171 g/mol. The molecule has 0 unspecified atom stereocenters. The highest BCUT2D eigenvalue weighted by molar-refractivity contribution is 5.94. The van der Waals surface area contributed by atoms with E-state index < -0.39 is 5.97 Å². The molecule has 0 saturated heterocycles. The topological polar surface area (TPSA) is 55.4 Å². The molecule has 0 spiro atoms. The SMILES string of the molecule is CCCOC(=O)/C=C\C(=O)NC. The second-order valence-corrected chi connectivity index (χ2v) is 2.12. The van der Waals surface area contributed by atoms with Crippen molar-refractivity contribution in [2.45, 2.75) is 13.3 Å². The van der Waals surface area contributed by atoms with Gasteiger partial charge in [0, 0.05) is 19.2 Å². The molecule has 1 N–H and O–H groups in total. The molecule has 0 aliphatic rings. The van der Waals surface area contributed by atoms with Crippen molar-refractivity contribution < 1.29 is 14.3 Å². The molecule has 0 aliphatic heterocycles. The average Bonchev–Trinajstić information content (AvgIpc) is 2.10. The summed E-state index contributed by atoms with van der Waals surface area (Å²) in [4.78, 5) is 21.3. The number of likely N-dealkylation sites (N-methyl/N-ethyl adjacent to an activating group) is 1. The number of rotatable bonds is 4. The first-order valence-electron chi connectivity index (χ1n) is 3.77. The lowest BCUT2D eigenvalue weighted by molar-refractivity contribution is -0.138. The lowest BCUT2D eigenvalue weighted by atomic mass is 10.4. The summed E-state index contributed by atoms with van der Waals surface area (Å²) in [7, 11) is 1.49. The lowest BCUT2D eigenvalue weighted by Crippen LogP contribution is -2.15. The number of esters is 1. The fourth-order valence-corrected chi connectivity index (χ4v) is 0.478. The number of nitrogens with one attached hydrogen (secondary N) is 1. The first kappa shape index (κ1) is 10.7. The van der Waals surface area contributed by atoms with Gasteiger partial charge in [-0.25, -0.2) is 4.79 Å². The lowest BCUT2D eigenvalue weighted by Gasteiger charge is -1.96. The molecule has 0 aromatic rings. The third-order valence-electron chi connectivity index (χ3n) is 1.07. The van der Waals surface area contributed by atoms with Crippen molar-refractivity contribution in [3.63, 3.8) is 0 Å². The molecule has 68 valence electrons. The summed E-state index contributed by atoms with van der Waals surface area (Å²) in [6.07, 6.45) is 3.02. The van der Waals surface area contributed by atoms with Gasteiger partial charge < -0.3 is 10.1 Å². The van der Waals surface area contributed by atoms with Crippen molar-refractivity contribution >= 4 is 11.9 Å². The highest BCUT2D eigenvalue weighted by atomic mass is 16.5. The molecule has 12 heavy (non-hydrogen) atoms. The van der Waals surface area contributed by atoms with Crippen molar-refractivity contribution in [3.8, 4) is 0 Å². The minimum Gasteiger partial charge on any atom is -0.463 e. The minimum atomic E-state index is -0.486. The summed E-state index contributed by atoms with van der Waals surface area (Å²) in [5.41, 5.74) is 0. The molecule has 4 heteroatoms. The molecule has 0 fully saturated rings. The van der Waals surface area contributed by atoms with Crippen molar-refractivity contribution in [2.75, 3.05) is 13.7 Å². The van der Waals surface area contributed by atoms with Gasteiger partial charge in [0.25, 0.3) is 0 Å². The molecule has 0 rings (SSSR count). The van der Waals surface area contributed by atoms with Crippen molar-refractivity contribution in [1.82, 2.24) is 5.32 Å². The largest absolute Gasteiger partial charge is 0.463 e. The van der Waals surface area contributed by atoms with Crippen LogP contribution in [0.15, 0.2) is 12.2 Å². The summed E-state index contributed by atoms with van der Waals surface area (Å²) >= 11 is 0. The van der Waals surface area contributed by atoms with Crippen molar-refractivity contribution in [2.24, 2.45) is 0 Å². The maximum atomic E-state index is 10.7. The zero-order valence-electron chi connectivity index (χ0n) is 7.29. The van der Waals surface area contributed by atoms with Crippen LogP contribution in [0.3, 0.4) is 0 Å². The fourth-order valence-electron chi connectivity index (χ4n) is 0.478. The molecule has 0 aromatic heterocycles. The molecular weight excluding hydrogens is 158 g/mol. The first-order valence-corrected chi connectivity index (χ1v) is 3.77. The predicted molar refractivity (Wildman–Crippen MR) is 44.5 cm³/mol. The quantitative estimate of drug-likeness (QED) is 0.487. The van der Waals surface area contributed by atoms with Gasteiger partial charge >= 0.3 is 5.97 Å². The van der Waals surface area contributed by atoms with E-state index in [1.807, 2.05) is 6.92 Å². The minimum absolute atomic E-state index is 0.316. The van der Waals surface area contributed by atoms with E-state index in [0.717, 1.165) is 18.6 Å². The standard InChI is InChI=1S/C8H13NO3/c1-3-6-12-8(11)5-4-7(10)9-2/h4-5H,3,6H2,1-2H3,(H,9,10)/b5-4-. The normalized spacial score (nSPS) is 9.83. The summed E-state index contributed by atoms with van der Waals surface area (Å²) in [6.45, 7) is 2.28. The summed E-state index contributed by atoms with van der Waals surface area (Å²) < 4.78 is 4.68. The summed E-state index contributed by atoms with van der Waals surface area (Å²) in [6, 6.07) is 0. The Morgan fingerprint density at radius 3 is 2.58 bits per heavy atom. The van der Waals surface area contributed by atoms with Gasteiger partial charge in [0.2, 0.25) is 5.91 Å². The number of hydrogen-bond acceptors (Lipinski definition) is 3. The van der Waals surface area contributed by atoms with E-state index in [0.29, 0.717) is 6.61 Å². The van der Waals surface area contributed by atoms with E-state index in [-0.39, 0.29) is 5.91 Å². The Morgan fingerprint density at radius 1 is 1.42 bits per heavy atom. The van der Waals surface area contributed by atoms with Gasteiger partial charge in [-0.05, 0) is 6.42 Å². The number of carbonyl (C=O) groups excluding carboxylic acids is 2. The molecule has 4 nitrogen and oxygen atoms in total. The summed E-state index contributed by atoms with van der Waals surface area (Å²) in [5.74, 6) is -0.802. The van der Waals surface area contributed by atoms with Gasteiger partial charge in [0.05, 0.1) is 6.61 Å².